The van der Waals surface area contributed by atoms with Gasteiger partial charge in [0.05, 0.1) is 5.35 Å². The van der Waals surface area contributed by atoms with Crippen molar-refractivity contribution in [1.82, 2.24) is 9.47 Å². The molecule has 0 aliphatic carbocycles. The van der Waals surface area contributed by atoms with Crippen molar-refractivity contribution in [3.8, 4) is 11.1 Å². The van der Waals surface area contributed by atoms with E-state index in [1.165, 1.54) is 0 Å². The molecule has 0 radical (unpaired) electrons. The standard InChI is InChI=1S/C18H17Br2ClN2O/c1-22-17-5-6-23(10-13(20)9-19)11-16(17)15(8-18(22)24)12-3-2-4-14(21)7-12/h2-5,7-8,11,13H,6,9-10H2,1H3. The van der Waals surface area contributed by atoms with Crippen LogP contribution in [0.5, 0.6) is 0 Å². The average Bonchev–Trinajstić information content (AvgIpc) is 2.58. The largest absolute Gasteiger partial charge is 0.372 e. The summed E-state index contributed by atoms with van der Waals surface area (Å²) in [5.74, 6) is 0. The van der Waals surface area contributed by atoms with E-state index in [4.69, 9.17) is 11.6 Å². The van der Waals surface area contributed by atoms with Gasteiger partial charge < -0.3 is 9.47 Å². The maximum atomic E-state index is 12.3. The number of rotatable bonds is 4. The van der Waals surface area contributed by atoms with Crippen molar-refractivity contribution in [1.29, 1.82) is 0 Å². The molecular formula is C18H17Br2ClN2O. The number of pyridine rings is 1. The second-order valence-electron chi connectivity index (χ2n) is 5.80. The van der Waals surface area contributed by atoms with E-state index < -0.39 is 0 Å². The molecular weight excluding hydrogens is 455 g/mol. The van der Waals surface area contributed by atoms with Gasteiger partial charge in [0.2, 0.25) is 0 Å². The lowest BCUT2D eigenvalue weighted by molar-refractivity contribution is 0.465. The quantitative estimate of drug-likeness (QED) is 0.640. The molecule has 1 unspecified atom stereocenters. The molecule has 2 aromatic rings. The van der Waals surface area contributed by atoms with Gasteiger partial charge in [-0.2, -0.15) is 0 Å². The summed E-state index contributed by atoms with van der Waals surface area (Å²) >= 11 is 13.3. The fourth-order valence-electron chi connectivity index (χ4n) is 2.88. The lowest BCUT2D eigenvalue weighted by atomic mass is 10.0. The molecule has 1 atom stereocenters. The molecule has 1 aromatic heterocycles. The first-order valence-corrected chi connectivity index (χ1v) is 10.0. The Labute approximate surface area is 162 Å². The van der Waals surface area contributed by atoms with E-state index in [-0.39, 0.29) is 5.56 Å². The van der Waals surface area contributed by atoms with Crippen molar-refractivity contribution < 1.29 is 0 Å². The predicted molar refractivity (Wildman–Crippen MR) is 108 cm³/mol. The second kappa shape index (κ2) is 7.46. The molecule has 0 saturated carbocycles. The Bertz CT molecular complexity index is 939. The maximum absolute atomic E-state index is 12.3. The molecule has 6 heteroatoms. The van der Waals surface area contributed by atoms with Crippen LogP contribution in [-0.4, -0.2) is 32.7 Å². The lowest BCUT2D eigenvalue weighted by Gasteiger charge is -2.24. The molecule has 0 fully saturated rings. The van der Waals surface area contributed by atoms with E-state index >= 15 is 0 Å². The van der Waals surface area contributed by atoms with Crippen molar-refractivity contribution in [2.75, 3.05) is 18.4 Å². The number of benzene rings is 1. The van der Waals surface area contributed by atoms with E-state index in [0.717, 1.165) is 40.1 Å². The summed E-state index contributed by atoms with van der Waals surface area (Å²) in [6, 6.07) is 9.32. The van der Waals surface area contributed by atoms with Crippen LogP contribution in [-0.2, 0) is 7.05 Å². The van der Waals surface area contributed by atoms with Gasteiger partial charge in [-0.1, -0.05) is 55.6 Å². The molecule has 0 bridgehead atoms. The fraction of sp³-hybridized carbons (Fsp3) is 0.278. The highest BCUT2D eigenvalue weighted by Crippen LogP contribution is 2.19. The first-order valence-electron chi connectivity index (χ1n) is 7.61. The molecule has 0 spiro atoms. The van der Waals surface area contributed by atoms with Crippen LogP contribution < -0.4 is 16.1 Å². The van der Waals surface area contributed by atoms with Gasteiger partial charge in [0.25, 0.3) is 5.56 Å². The molecule has 1 aliphatic heterocycles. The Morgan fingerprint density at radius 3 is 2.83 bits per heavy atom. The minimum absolute atomic E-state index is 0.0133. The van der Waals surface area contributed by atoms with Crippen LogP contribution in [0, 0.1) is 0 Å². The summed E-state index contributed by atoms with van der Waals surface area (Å²) in [7, 11) is 1.81. The first kappa shape index (κ1) is 17.8. The number of aromatic nitrogens is 1. The number of hydrogen-bond donors (Lipinski definition) is 0. The van der Waals surface area contributed by atoms with Crippen molar-refractivity contribution >= 4 is 55.7 Å². The molecule has 1 aromatic carbocycles. The van der Waals surface area contributed by atoms with Crippen molar-refractivity contribution in [2.45, 2.75) is 4.83 Å². The SMILES string of the molecule is Cn1c(=O)cc(-c2cccc(Cl)c2)c2c1=CCN(CC(Br)CBr)C=2. The van der Waals surface area contributed by atoms with Crippen LogP contribution in [0.2, 0.25) is 5.02 Å². The number of alkyl halides is 2. The summed E-state index contributed by atoms with van der Waals surface area (Å²) in [4.78, 5) is 15.0. The van der Waals surface area contributed by atoms with Gasteiger partial charge in [-0.15, -0.1) is 0 Å². The third kappa shape index (κ3) is 3.63. The number of nitrogens with zero attached hydrogens (tertiary/aromatic N) is 2. The Balaban J connectivity index is 2.20. The topological polar surface area (TPSA) is 25.2 Å². The van der Waals surface area contributed by atoms with Crippen molar-refractivity contribution in [3.63, 3.8) is 0 Å². The number of halogens is 3. The zero-order valence-electron chi connectivity index (χ0n) is 13.2. The van der Waals surface area contributed by atoms with Crippen LogP contribution in [0.4, 0.5) is 0 Å². The Morgan fingerprint density at radius 1 is 1.33 bits per heavy atom. The van der Waals surface area contributed by atoms with Gasteiger partial charge >= 0.3 is 0 Å². The van der Waals surface area contributed by atoms with Gasteiger partial charge in [0, 0.05) is 52.8 Å². The van der Waals surface area contributed by atoms with Crippen LogP contribution in [0.25, 0.3) is 23.4 Å². The van der Waals surface area contributed by atoms with Gasteiger partial charge in [-0.3, -0.25) is 4.79 Å². The highest BCUT2D eigenvalue weighted by molar-refractivity contribution is 9.12. The summed E-state index contributed by atoms with van der Waals surface area (Å²) in [5.41, 5.74) is 1.86. The lowest BCUT2D eigenvalue weighted by Crippen LogP contribution is -2.47. The molecule has 3 rings (SSSR count). The molecule has 0 amide bonds. The highest BCUT2D eigenvalue weighted by Gasteiger charge is 2.13. The smallest absolute Gasteiger partial charge is 0.251 e. The zero-order chi connectivity index (χ0) is 17.3. The van der Waals surface area contributed by atoms with Gasteiger partial charge in [-0.05, 0) is 29.3 Å². The van der Waals surface area contributed by atoms with E-state index in [1.54, 1.807) is 10.6 Å². The average molecular weight is 473 g/mol. The predicted octanol–water partition coefficient (Wildman–Crippen LogP) is 2.70. The zero-order valence-corrected chi connectivity index (χ0v) is 17.1. The minimum Gasteiger partial charge on any atom is -0.372 e. The van der Waals surface area contributed by atoms with Crippen LogP contribution in [0.15, 0.2) is 35.1 Å². The Hall–Kier alpha value is -1.04. The van der Waals surface area contributed by atoms with Crippen LogP contribution in [0.3, 0.4) is 0 Å². The summed E-state index contributed by atoms with van der Waals surface area (Å²) in [6.07, 6.45) is 4.25. The van der Waals surface area contributed by atoms with E-state index in [2.05, 4.69) is 49.0 Å². The molecule has 3 nitrogen and oxygen atoms in total. The van der Waals surface area contributed by atoms with E-state index in [1.807, 2.05) is 31.3 Å². The molecule has 2 heterocycles. The monoisotopic (exact) mass is 470 g/mol. The maximum Gasteiger partial charge on any atom is 0.251 e. The van der Waals surface area contributed by atoms with Crippen molar-refractivity contribution in [3.05, 3.63) is 56.3 Å². The Kier molecular flexibility index (Phi) is 5.52. The third-order valence-electron chi connectivity index (χ3n) is 4.09. The van der Waals surface area contributed by atoms with Crippen LogP contribution >= 0.6 is 43.5 Å². The molecule has 0 N–H and O–H groups in total. The number of fused-ring (bicyclic) bond motifs is 1. The minimum atomic E-state index is -0.0133. The van der Waals surface area contributed by atoms with Gasteiger partial charge in [-0.25, -0.2) is 0 Å². The molecule has 1 aliphatic rings. The summed E-state index contributed by atoms with van der Waals surface area (Å²) in [6.45, 7) is 1.67. The normalized spacial score (nSPS) is 14.6. The Morgan fingerprint density at radius 2 is 2.12 bits per heavy atom. The van der Waals surface area contributed by atoms with Gasteiger partial charge in [0.15, 0.2) is 0 Å². The van der Waals surface area contributed by atoms with Gasteiger partial charge in [0.1, 0.15) is 0 Å². The van der Waals surface area contributed by atoms with Crippen molar-refractivity contribution in [2.24, 2.45) is 7.05 Å². The summed E-state index contributed by atoms with van der Waals surface area (Å²) < 4.78 is 1.70. The molecule has 24 heavy (non-hydrogen) atoms. The number of hydrogen-bond acceptors (Lipinski definition) is 2. The third-order valence-corrected chi connectivity index (χ3v) is 6.59. The molecule has 126 valence electrons. The van der Waals surface area contributed by atoms with E-state index in [0.29, 0.717) is 9.85 Å². The summed E-state index contributed by atoms with van der Waals surface area (Å²) in [5, 5.41) is 3.57. The first-order chi connectivity index (χ1) is 11.5. The molecule has 0 saturated heterocycles. The second-order valence-corrected chi connectivity index (χ2v) is 8.18. The van der Waals surface area contributed by atoms with E-state index in [9.17, 15) is 4.79 Å². The fourth-order valence-corrected chi connectivity index (χ4v) is 3.65. The van der Waals surface area contributed by atoms with Crippen LogP contribution in [0.1, 0.15) is 0 Å². The highest BCUT2D eigenvalue weighted by atomic mass is 79.9.